The van der Waals surface area contributed by atoms with Crippen molar-refractivity contribution in [3.8, 4) is 16.9 Å². The van der Waals surface area contributed by atoms with Crippen molar-refractivity contribution in [1.29, 1.82) is 0 Å². The standard InChI is InChI=1S/C42H40N2O7/c1-43(25-38(47)32-10-6-12-34(46)21-32)24-35-22-39(29-17-15-27(26-45)16-18-29)51-42(50-35)33-11-5-9-31(20-33)30-8-4-7-28(19-30)23-44-40(48)36-13-2-3-14-37(36)41(44)49/h2-21,35,38-39,42,45-47H,22-26H2,1H3. The molecule has 9 nitrogen and oxygen atoms in total. The van der Waals surface area contributed by atoms with Crippen LogP contribution in [0.3, 0.4) is 0 Å². The van der Waals surface area contributed by atoms with Crippen LogP contribution in [0.4, 0.5) is 0 Å². The number of aromatic hydroxyl groups is 1. The van der Waals surface area contributed by atoms with Crippen molar-refractivity contribution in [2.24, 2.45) is 0 Å². The number of hydrogen-bond acceptors (Lipinski definition) is 8. The Morgan fingerprint density at radius 1 is 0.765 bits per heavy atom. The molecular weight excluding hydrogens is 644 g/mol. The predicted molar refractivity (Wildman–Crippen MR) is 192 cm³/mol. The van der Waals surface area contributed by atoms with Crippen LogP contribution in [0.5, 0.6) is 5.75 Å². The number of benzene rings is 5. The molecule has 0 saturated carbocycles. The summed E-state index contributed by atoms with van der Waals surface area (Å²) in [5.41, 5.74) is 6.82. The SMILES string of the molecule is CN(CC1CC(c2ccc(CO)cc2)OC(c2cccc(-c3cccc(CN4C(=O)c5ccccc5C4=O)c3)c2)O1)CC(O)c1cccc(O)c1. The van der Waals surface area contributed by atoms with Crippen molar-refractivity contribution in [3.63, 3.8) is 0 Å². The van der Waals surface area contributed by atoms with Gasteiger partial charge in [0.2, 0.25) is 0 Å². The van der Waals surface area contributed by atoms with Crippen LogP contribution in [0, 0.1) is 0 Å². The summed E-state index contributed by atoms with van der Waals surface area (Å²) in [4.78, 5) is 29.3. The highest BCUT2D eigenvalue weighted by atomic mass is 16.7. The summed E-state index contributed by atoms with van der Waals surface area (Å²) in [6.45, 7) is 0.997. The van der Waals surface area contributed by atoms with Gasteiger partial charge in [0.05, 0.1) is 42.6 Å². The van der Waals surface area contributed by atoms with Crippen molar-refractivity contribution in [3.05, 3.63) is 160 Å². The highest BCUT2D eigenvalue weighted by molar-refractivity contribution is 6.21. The van der Waals surface area contributed by atoms with E-state index in [1.54, 1.807) is 48.5 Å². The minimum absolute atomic E-state index is 0.0429. The fourth-order valence-corrected chi connectivity index (χ4v) is 6.87. The number of rotatable bonds is 11. The van der Waals surface area contributed by atoms with E-state index in [9.17, 15) is 24.9 Å². The molecule has 9 heteroatoms. The summed E-state index contributed by atoms with van der Waals surface area (Å²) < 4.78 is 13.2. The van der Waals surface area contributed by atoms with Gasteiger partial charge in [-0.05, 0) is 76.8 Å². The fourth-order valence-electron chi connectivity index (χ4n) is 6.87. The first-order valence-electron chi connectivity index (χ1n) is 17.1. The molecule has 51 heavy (non-hydrogen) atoms. The Labute approximate surface area is 296 Å². The van der Waals surface area contributed by atoms with Crippen LogP contribution in [-0.2, 0) is 22.6 Å². The molecule has 2 amide bonds. The molecule has 2 aliphatic rings. The van der Waals surface area contributed by atoms with E-state index in [-0.39, 0.29) is 42.9 Å². The first-order chi connectivity index (χ1) is 24.7. The lowest BCUT2D eigenvalue weighted by atomic mass is 9.98. The van der Waals surface area contributed by atoms with E-state index in [0.29, 0.717) is 36.2 Å². The van der Waals surface area contributed by atoms with Gasteiger partial charge >= 0.3 is 0 Å². The average molecular weight is 685 g/mol. The van der Waals surface area contributed by atoms with E-state index >= 15 is 0 Å². The Hall–Kier alpha value is -5.16. The molecule has 5 aromatic carbocycles. The summed E-state index contributed by atoms with van der Waals surface area (Å²) in [5.74, 6) is -0.468. The average Bonchev–Trinajstić information content (AvgIpc) is 3.39. The van der Waals surface area contributed by atoms with Gasteiger partial charge in [0.25, 0.3) is 11.8 Å². The molecule has 2 heterocycles. The number of carbonyl (C=O) groups excluding carboxylic acids is 2. The Bertz CT molecular complexity index is 2000. The maximum Gasteiger partial charge on any atom is 0.261 e. The number of aliphatic hydroxyl groups excluding tert-OH is 2. The van der Waals surface area contributed by atoms with Crippen LogP contribution in [0.15, 0.2) is 121 Å². The smallest absolute Gasteiger partial charge is 0.261 e. The van der Waals surface area contributed by atoms with Crippen molar-refractivity contribution in [1.82, 2.24) is 9.80 Å². The van der Waals surface area contributed by atoms with E-state index in [1.807, 2.05) is 84.7 Å². The summed E-state index contributed by atoms with van der Waals surface area (Å²) in [7, 11) is 1.93. The van der Waals surface area contributed by atoms with E-state index in [2.05, 4.69) is 0 Å². The number of fused-ring (bicyclic) bond motifs is 1. The number of phenolic OH excluding ortho intramolecular Hbond substituents is 1. The summed E-state index contributed by atoms with van der Waals surface area (Å²) in [6.07, 6.45) is -1.40. The van der Waals surface area contributed by atoms with Gasteiger partial charge in [0, 0.05) is 25.1 Å². The molecule has 0 aliphatic carbocycles. The molecule has 4 atom stereocenters. The second kappa shape index (κ2) is 15.0. The maximum absolute atomic E-state index is 13.0. The molecule has 260 valence electrons. The zero-order chi connectivity index (χ0) is 35.5. The van der Waals surface area contributed by atoms with E-state index in [4.69, 9.17) is 9.47 Å². The Morgan fingerprint density at radius 2 is 1.45 bits per heavy atom. The molecular formula is C42H40N2O7. The number of likely N-dealkylation sites (N-methyl/N-ethyl adjacent to an activating group) is 1. The van der Waals surface area contributed by atoms with Crippen LogP contribution >= 0.6 is 0 Å². The Balaban J connectivity index is 1.10. The van der Waals surface area contributed by atoms with Crippen LogP contribution in [0.2, 0.25) is 0 Å². The fraction of sp³-hybridized carbons (Fsp3) is 0.238. The van der Waals surface area contributed by atoms with Crippen molar-refractivity contribution >= 4 is 11.8 Å². The molecule has 5 aromatic rings. The van der Waals surface area contributed by atoms with Crippen LogP contribution in [0.25, 0.3) is 11.1 Å². The number of imide groups is 1. The lowest BCUT2D eigenvalue weighted by molar-refractivity contribution is -0.252. The van der Waals surface area contributed by atoms with Gasteiger partial charge in [0.15, 0.2) is 6.29 Å². The minimum atomic E-state index is -0.788. The summed E-state index contributed by atoms with van der Waals surface area (Å²) >= 11 is 0. The maximum atomic E-state index is 13.0. The summed E-state index contributed by atoms with van der Waals surface area (Å²) in [5, 5.41) is 30.3. The third kappa shape index (κ3) is 7.63. The molecule has 1 fully saturated rings. The molecule has 0 aromatic heterocycles. The van der Waals surface area contributed by atoms with Crippen molar-refractivity contribution in [2.45, 2.75) is 44.2 Å². The number of carbonyl (C=O) groups is 2. The third-order valence-electron chi connectivity index (χ3n) is 9.51. The number of phenols is 1. The van der Waals surface area contributed by atoms with Gasteiger partial charge < -0.3 is 29.7 Å². The molecule has 7 rings (SSSR count). The molecule has 1 saturated heterocycles. The number of amides is 2. The summed E-state index contributed by atoms with van der Waals surface area (Å²) in [6, 6.07) is 37.1. The van der Waals surface area contributed by atoms with Crippen LogP contribution in [0.1, 0.15) is 73.5 Å². The third-order valence-corrected chi connectivity index (χ3v) is 9.51. The highest BCUT2D eigenvalue weighted by Crippen LogP contribution is 2.39. The van der Waals surface area contributed by atoms with Gasteiger partial charge in [-0.15, -0.1) is 0 Å². The Morgan fingerprint density at radius 3 is 2.16 bits per heavy atom. The first-order valence-corrected chi connectivity index (χ1v) is 17.1. The van der Waals surface area contributed by atoms with Crippen LogP contribution < -0.4 is 0 Å². The minimum Gasteiger partial charge on any atom is -0.508 e. The lowest BCUT2D eigenvalue weighted by Gasteiger charge is -2.38. The number of nitrogens with zero attached hydrogens (tertiary/aromatic N) is 2. The van der Waals surface area contributed by atoms with Gasteiger partial charge in [-0.1, -0.05) is 84.9 Å². The number of ether oxygens (including phenoxy) is 2. The normalized spacial score (nSPS) is 19.4. The van der Waals surface area contributed by atoms with E-state index < -0.39 is 12.4 Å². The van der Waals surface area contributed by atoms with Gasteiger partial charge in [-0.2, -0.15) is 0 Å². The lowest BCUT2D eigenvalue weighted by Crippen LogP contribution is -2.39. The molecule has 3 N–H and O–H groups in total. The Kier molecular flexibility index (Phi) is 10.1. The molecule has 4 unspecified atom stereocenters. The second-order valence-electron chi connectivity index (χ2n) is 13.3. The zero-order valence-corrected chi connectivity index (χ0v) is 28.3. The number of hydrogen-bond donors (Lipinski definition) is 3. The molecule has 2 aliphatic heterocycles. The van der Waals surface area contributed by atoms with Crippen molar-refractivity contribution < 1.29 is 34.4 Å². The van der Waals surface area contributed by atoms with E-state index in [1.165, 1.54) is 4.90 Å². The monoisotopic (exact) mass is 684 g/mol. The topological polar surface area (TPSA) is 120 Å². The zero-order valence-electron chi connectivity index (χ0n) is 28.3. The van der Waals surface area contributed by atoms with Crippen molar-refractivity contribution in [2.75, 3.05) is 20.1 Å². The van der Waals surface area contributed by atoms with Gasteiger partial charge in [-0.25, -0.2) is 0 Å². The van der Waals surface area contributed by atoms with E-state index in [0.717, 1.165) is 33.4 Å². The van der Waals surface area contributed by atoms with Gasteiger partial charge in [0.1, 0.15) is 5.75 Å². The molecule has 0 spiro atoms. The first kappa shape index (κ1) is 34.3. The molecule has 0 bridgehead atoms. The second-order valence-corrected chi connectivity index (χ2v) is 13.3. The quantitative estimate of drug-likeness (QED) is 0.134. The van der Waals surface area contributed by atoms with Gasteiger partial charge in [-0.3, -0.25) is 14.5 Å². The number of aliphatic hydroxyl groups is 2. The molecule has 0 radical (unpaired) electrons. The largest absolute Gasteiger partial charge is 0.508 e. The highest BCUT2D eigenvalue weighted by Gasteiger charge is 2.35. The van der Waals surface area contributed by atoms with Crippen LogP contribution in [-0.4, -0.2) is 63.2 Å². The predicted octanol–water partition coefficient (Wildman–Crippen LogP) is 6.56.